The highest BCUT2D eigenvalue weighted by atomic mass is 16.5. The van der Waals surface area contributed by atoms with Crippen LogP contribution in [0.15, 0.2) is 10.7 Å². The molecule has 0 saturated carbocycles. The summed E-state index contributed by atoms with van der Waals surface area (Å²) in [5.74, 6) is 0.693. The molecule has 1 aliphatic heterocycles. The third-order valence-electron chi connectivity index (χ3n) is 3.52. The lowest BCUT2D eigenvalue weighted by Gasteiger charge is -2.37. The van der Waals surface area contributed by atoms with Crippen molar-refractivity contribution in [2.24, 2.45) is 11.7 Å². The van der Waals surface area contributed by atoms with Gasteiger partial charge in [-0.25, -0.2) is 0 Å². The second-order valence-electron chi connectivity index (χ2n) is 4.82. The van der Waals surface area contributed by atoms with Crippen molar-refractivity contribution in [3.05, 3.63) is 17.5 Å². The van der Waals surface area contributed by atoms with E-state index >= 15 is 0 Å². The Kier molecular flexibility index (Phi) is 3.47. The summed E-state index contributed by atoms with van der Waals surface area (Å²) in [7, 11) is 0. The van der Waals surface area contributed by atoms with Crippen LogP contribution in [-0.4, -0.2) is 35.1 Å². The van der Waals surface area contributed by atoms with Crippen molar-refractivity contribution in [2.75, 3.05) is 13.1 Å². The van der Waals surface area contributed by atoms with Crippen molar-refractivity contribution < 1.29 is 9.32 Å². The summed E-state index contributed by atoms with van der Waals surface area (Å²) in [5, 5.41) is 3.65. The maximum Gasteiger partial charge on any atom is 0.292 e. The number of amides is 1. The van der Waals surface area contributed by atoms with Crippen LogP contribution >= 0.6 is 0 Å². The molecule has 0 radical (unpaired) electrons. The van der Waals surface area contributed by atoms with E-state index in [0.717, 1.165) is 24.9 Å². The molecule has 5 heteroatoms. The van der Waals surface area contributed by atoms with Crippen LogP contribution in [0.1, 0.15) is 35.9 Å². The summed E-state index contributed by atoms with van der Waals surface area (Å²) in [6, 6.07) is 0.245. The van der Waals surface area contributed by atoms with Gasteiger partial charge in [-0.15, -0.1) is 0 Å². The highest BCUT2D eigenvalue weighted by Crippen LogP contribution is 2.23. The van der Waals surface area contributed by atoms with E-state index in [0.29, 0.717) is 18.2 Å². The van der Waals surface area contributed by atoms with Gasteiger partial charge >= 0.3 is 0 Å². The summed E-state index contributed by atoms with van der Waals surface area (Å²) >= 11 is 0. The van der Waals surface area contributed by atoms with Gasteiger partial charge in [0.15, 0.2) is 0 Å². The molecule has 5 nitrogen and oxygen atoms in total. The van der Waals surface area contributed by atoms with Crippen molar-refractivity contribution >= 4 is 5.91 Å². The number of likely N-dealkylation sites (tertiary alicyclic amines) is 1. The predicted molar refractivity (Wildman–Crippen MR) is 63.5 cm³/mol. The van der Waals surface area contributed by atoms with Gasteiger partial charge in [-0.05, 0) is 39.2 Å². The Morgan fingerprint density at radius 2 is 2.41 bits per heavy atom. The molecule has 1 aromatic rings. The average molecular weight is 237 g/mol. The van der Waals surface area contributed by atoms with Crippen molar-refractivity contribution in [1.29, 1.82) is 0 Å². The smallest absolute Gasteiger partial charge is 0.292 e. The molecule has 1 amide bonds. The monoisotopic (exact) mass is 237 g/mol. The molecule has 1 saturated heterocycles. The Hall–Kier alpha value is -1.36. The van der Waals surface area contributed by atoms with E-state index in [-0.39, 0.29) is 11.9 Å². The molecule has 0 spiro atoms. The number of carbonyl (C=O) groups is 1. The molecule has 1 aromatic heterocycles. The van der Waals surface area contributed by atoms with Crippen LogP contribution in [0.25, 0.3) is 0 Å². The average Bonchev–Trinajstić information content (AvgIpc) is 2.75. The quantitative estimate of drug-likeness (QED) is 0.838. The lowest BCUT2D eigenvalue weighted by molar-refractivity contribution is 0.0524. The van der Waals surface area contributed by atoms with Crippen LogP contribution in [0.2, 0.25) is 0 Å². The number of aryl methyl sites for hydroxylation is 1. The Balaban J connectivity index is 2.15. The molecular weight excluding hydrogens is 218 g/mol. The zero-order chi connectivity index (χ0) is 12.4. The molecule has 1 fully saturated rings. The van der Waals surface area contributed by atoms with Gasteiger partial charge in [0.1, 0.15) is 0 Å². The topological polar surface area (TPSA) is 72.4 Å². The largest absolute Gasteiger partial charge is 0.351 e. The first-order valence-electron chi connectivity index (χ1n) is 6.05. The molecule has 2 unspecified atom stereocenters. The minimum atomic E-state index is -0.0642. The van der Waals surface area contributed by atoms with Gasteiger partial charge in [-0.3, -0.25) is 4.79 Å². The van der Waals surface area contributed by atoms with Gasteiger partial charge in [0.25, 0.3) is 5.91 Å². The lowest BCUT2D eigenvalue weighted by atomic mass is 9.93. The molecular formula is C12H19N3O2. The van der Waals surface area contributed by atoms with Crippen LogP contribution in [0, 0.1) is 12.8 Å². The van der Waals surface area contributed by atoms with E-state index in [9.17, 15) is 4.79 Å². The third-order valence-corrected chi connectivity index (χ3v) is 3.52. The van der Waals surface area contributed by atoms with Crippen LogP contribution in [0.5, 0.6) is 0 Å². The fourth-order valence-corrected chi connectivity index (χ4v) is 2.28. The minimum absolute atomic E-state index is 0.0642. The number of nitrogens with zero attached hydrogens (tertiary/aromatic N) is 2. The minimum Gasteiger partial charge on any atom is -0.351 e. The lowest BCUT2D eigenvalue weighted by Crippen LogP contribution is -2.47. The highest BCUT2D eigenvalue weighted by Gasteiger charge is 2.31. The number of rotatable bonds is 2. The summed E-state index contributed by atoms with van der Waals surface area (Å²) in [6.07, 6.45) is 3.67. The standard InChI is InChI=1S/C12H19N3O2/c1-8-6-14-17-11(8)12(16)15-7-10(5-13)4-3-9(15)2/h6,9-10H,3-5,7,13H2,1-2H3. The van der Waals surface area contributed by atoms with E-state index in [2.05, 4.69) is 12.1 Å². The van der Waals surface area contributed by atoms with Crippen LogP contribution in [0.3, 0.4) is 0 Å². The Labute approximate surface area is 101 Å². The Morgan fingerprint density at radius 1 is 1.65 bits per heavy atom. The maximum absolute atomic E-state index is 12.3. The van der Waals surface area contributed by atoms with Crippen molar-refractivity contribution in [3.63, 3.8) is 0 Å². The van der Waals surface area contributed by atoms with Gasteiger partial charge in [0.2, 0.25) is 5.76 Å². The maximum atomic E-state index is 12.3. The van der Waals surface area contributed by atoms with E-state index in [1.807, 2.05) is 11.8 Å². The second kappa shape index (κ2) is 4.87. The number of hydrogen-bond donors (Lipinski definition) is 1. The number of piperidine rings is 1. The molecule has 0 aromatic carbocycles. The second-order valence-corrected chi connectivity index (χ2v) is 4.82. The number of carbonyl (C=O) groups excluding carboxylic acids is 1. The van der Waals surface area contributed by atoms with E-state index in [4.69, 9.17) is 10.3 Å². The summed E-state index contributed by atoms with van der Waals surface area (Å²) < 4.78 is 5.02. The van der Waals surface area contributed by atoms with Gasteiger partial charge < -0.3 is 15.2 Å². The molecule has 2 heterocycles. The van der Waals surface area contributed by atoms with Gasteiger partial charge in [-0.2, -0.15) is 0 Å². The fraction of sp³-hybridized carbons (Fsp3) is 0.667. The van der Waals surface area contributed by atoms with Crippen molar-refractivity contribution in [2.45, 2.75) is 32.7 Å². The molecule has 2 atom stereocenters. The normalized spacial score (nSPS) is 25.0. The zero-order valence-electron chi connectivity index (χ0n) is 10.3. The van der Waals surface area contributed by atoms with E-state index in [1.54, 1.807) is 6.20 Å². The molecule has 2 rings (SSSR count). The fourth-order valence-electron chi connectivity index (χ4n) is 2.28. The summed E-state index contributed by atoms with van der Waals surface area (Å²) in [5.41, 5.74) is 6.47. The summed E-state index contributed by atoms with van der Waals surface area (Å²) in [6.45, 7) is 5.25. The van der Waals surface area contributed by atoms with Crippen LogP contribution in [0.4, 0.5) is 0 Å². The summed E-state index contributed by atoms with van der Waals surface area (Å²) in [4.78, 5) is 14.2. The first kappa shape index (κ1) is 12.1. The number of nitrogens with two attached hydrogens (primary N) is 1. The van der Waals surface area contributed by atoms with Crippen LogP contribution in [-0.2, 0) is 0 Å². The van der Waals surface area contributed by atoms with Crippen LogP contribution < -0.4 is 5.73 Å². The molecule has 94 valence electrons. The van der Waals surface area contributed by atoms with Gasteiger partial charge in [0.05, 0.1) is 6.20 Å². The molecule has 0 bridgehead atoms. The number of hydrogen-bond acceptors (Lipinski definition) is 4. The predicted octanol–water partition coefficient (Wildman–Crippen LogP) is 1.18. The van der Waals surface area contributed by atoms with E-state index < -0.39 is 0 Å². The Bertz CT molecular complexity index is 402. The molecule has 2 N–H and O–H groups in total. The third kappa shape index (κ3) is 2.34. The SMILES string of the molecule is Cc1cnoc1C(=O)N1CC(CN)CCC1C. The molecule has 17 heavy (non-hydrogen) atoms. The number of aromatic nitrogens is 1. The van der Waals surface area contributed by atoms with Gasteiger partial charge in [-0.1, -0.05) is 5.16 Å². The van der Waals surface area contributed by atoms with Crippen molar-refractivity contribution in [1.82, 2.24) is 10.1 Å². The van der Waals surface area contributed by atoms with E-state index in [1.165, 1.54) is 0 Å². The molecule has 1 aliphatic rings. The Morgan fingerprint density at radius 3 is 3.00 bits per heavy atom. The van der Waals surface area contributed by atoms with Gasteiger partial charge in [0, 0.05) is 18.2 Å². The highest BCUT2D eigenvalue weighted by molar-refractivity contribution is 5.92. The zero-order valence-corrected chi connectivity index (χ0v) is 10.3. The van der Waals surface area contributed by atoms with Crippen molar-refractivity contribution in [3.8, 4) is 0 Å². The first-order valence-corrected chi connectivity index (χ1v) is 6.05. The molecule has 0 aliphatic carbocycles. The first-order chi connectivity index (χ1) is 8.13.